The zero-order chi connectivity index (χ0) is 12.1. The summed E-state index contributed by atoms with van der Waals surface area (Å²) >= 11 is 0. The molecule has 2 saturated heterocycles. The Morgan fingerprint density at radius 1 is 1.24 bits per heavy atom. The van der Waals surface area contributed by atoms with Crippen LogP contribution < -0.4 is 0 Å². The van der Waals surface area contributed by atoms with Gasteiger partial charge in [-0.1, -0.05) is 6.42 Å². The molecule has 17 heavy (non-hydrogen) atoms. The Hall–Kier alpha value is -0.610. The maximum Gasteiger partial charge on any atom is 0.304 e. The van der Waals surface area contributed by atoms with E-state index in [-0.39, 0.29) is 6.04 Å². The van der Waals surface area contributed by atoms with Gasteiger partial charge in [-0.15, -0.1) is 0 Å². The molecule has 2 aliphatic heterocycles. The van der Waals surface area contributed by atoms with Gasteiger partial charge in [0.1, 0.15) is 0 Å². The highest BCUT2D eigenvalue weighted by Gasteiger charge is 2.27. The Labute approximate surface area is 103 Å². The van der Waals surface area contributed by atoms with Crippen molar-refractivity contribution in [2.75, 3.05) is 26.3 Å². The number of carboxylic acid groups (broad SMARTS) is 1. The average molecular weight is 241 g/mol. The molecule has 0 bridgehead atoms. The molecule has 0 saturated carbocycles. The number of nitrogens with zero attached hydrogens (tertiary/aromatic N) is 1. The minimum absolute atomic E-state index is 0.268. The number of rotatable bonds is 4. The number of carbonyl (C=O) groups is 1. The lowest BCUT2D eigenvalue weighted by Crippen LogP contribution is -2.44. The Kier molecular flexibility index (Phi) is 4.80. The molecule has 0 aromatic rings. The van der Waals surface area contributed by atoms with Crippen LogP contribution in [0.3, 0.4) is 0 Å². The molecule has 1 unspecified atom stereocenters. The molecule has 2 rings (SSSR count). The van der Waals surface area contributed by atoms with Gasteiger partial charge < -0.3 is 9.84 Å². The summed E-state index contributed by atoms with van der Waals surface area (Å²) < 4.78 is 5.37. The number of likely N-dealkylation sites (tertiary alicyclic amines) is 1. The lowest BCUT2D eigenvalue weighted by atomic mass is 9.94. The monoisotopic (exact) mass is 241 g/mol. The molecule has 2 aliphatic rings. The maximum atomic E-state index is 10.9. The van der Waals surface area contributed by atoms with Crippen LogP contribution in [0.15, 0.2) is 0 Å². The molecule has 2 fully saturated rings. The smallest absolute Gasteiger partial charge is 0.304 e. The van der Waals surface area contributed by atoms with Crippen molar-refractivity contribution >= 4 is 5.97 Å². The topological polar surface area (TPSA) is 49.8 Å². The number of piperidine rings is 1. The van der Waals surface area contributed by atoms with Crippen LogP contribution in [0.2, 0.25) is 0 Å². The van der Waals surface area contributed by atoms with E-state index in [1.165, 1.54) is 12.8 Å². The minimum Gasteiger partial charge on any atom is -0.481 e. The number of carboxylic acids is 1. The summed E-state index contributed by atoms with van der Waals surface area (Å²) in [5, 5.41) is 8.94. The molecule has 0 aromatic carbocycles. The molecule has 4 nitrogen and oxygen atoms in total. The minimum atomic E-state index is -0.658. The van der Waals surface area contributed by atoms with Gasteiger partial charge in [-0.2, -0.15) is 0 Å². The maximum absolute atomic E-state index is 10.9. The fourth-order valence-electron chi connectivity index (χ4n) is 2.99. The van der Waals surface area contributed by atoms with Gasteiger partial charge in [0.05, 0.1) is 6.42 Å². The summed E-state index contributed by atoms with van der Waals surface area (Å²) in [6.45, 7) is 3.90. The van der Waals surface area contributed by atoms with E-state index in [9.17, 15) is 4.79 Å². The molecule has 0 radical (unpaired) electrons. The first-order valence-electron chi connectivity index (χ1n) is 6.79. The number of ether oxygens (including phenoxy) is 1. The Balaban J connectivity index is 1.84. The second kappa shape index (κ2) is 6.36. The quantitative estimate of drug-likeness (QED) is 0.814. The molecule has 0 aliphatic carbocycles. The Bertz CT molecular complexity index is 251. The molecule has 1 N–H and O–H groups in total. The van der Waals surface area contributed by atoms with Crippen molar-refractivity contribution < 1.29 is 14.6 Å². The standard InChI is InChI=1S/C13H23NO3/c15-13(16)9-12-3-1-2-6-14(12)10-11-4-7-17-8-5-11/h11-12H,1-10H2,(H,15,16). The molecule has 98 valence electrons. The summed E-state index contributed by atoms with van der Waals surface area (Å²) in [6, 6.07) is 0.268. The lowest BCUT2D eigenvalue weighted by Gasteiger charge is -2.38. The number of hydrogen-bond acceptors (Lipinski definition) is 3. The van der Waals surface area contributed by atoms with E-state index in [1.807, 2.05) is 0 Å². The predicted molar refractivity (Wildman–Crippen MR) is 65.0 cm³/mol. The van der Waals surface area contributed by atoms with E-state index in [0.717, 1.165) is 45.6 Å². The van der Waals surface area contributed by atoms with Gasteiger partial charge in [-0.3, -0.25) is 9.69 Å². The van der Waals surface area contributed by atoms with Crippen molar-refractivity contribution in [1.82, 2.24) is 4.90 Å². The highest BCUT2D eigenvalue weighted by Crippen LogP contribution is 2.24. The predicted octanol–water partition coefficient (Wildman–Crippen LogP) is 1.74. The third kappa shape index (κ3) is 3.96. The average Bonchev–Trinajstić information content (AvgIpc) is 2.32. The van der Waals surface area contributed by atoms with Crippen LogP contribution in [-0.4, -0.2) is 48.3 Å². The third-order valence-electron chi connectivity index (χ3n) is 3.99. The van der Waals surface area contributed by atoms with Crippen LogP contribution in [0, 0.1) is 5.92 Å². The van der Waals surface area contributed by atoms with Crippen LogP contribution in [-0.2, 0) is 9.53 Å². The van der Waals surface area contributed by atoms with Crippen molar-refractivity contribution in [3.8, 4) is 0 Å². The largest absolute Gasteiger partial charge is 0.481 e. The lowest BCUT2D eigenvalue weighted by molar-refractivity contribution is -0.138. The van der Waals surface area contributed by atoms with Crippen LogP contribution in [0.4, 0.5) is 0 Å². The summed E-state index contributed by atoms with van der Waals surface area (Å²) in [6.07, 6.45) is 6.03. The molecule has 0 aromatic heterocycles. The van der Waals surface area contributed by atoms with Crippen molar-refractivity contribution in [2.45, 2.75) is 44.6 Å². The van der Waals surface area contributed by atoms with Crippen LogP contribution in [0.5, 0.6) is 0 Å². The second-order valence-electron chi connectivity index (χ2n) is 5.30. The van der Waals surface area contributed by atoms with Crippen LogP contribution in [0.1, 0.15) is 38.5 Å². The molecule has 2 heterocycles. The van der Waals surface area contributed by atoms with E-state index in [2.05, 4.69) is 4.90 Å². The van der Waals surface area contributed by atoms with E-state index in [1.54, 1.807) is 0 Å². The number of hydrogen-bond donors (Lipinski definition) is 1. The zero-order valence-corrected chi connectivity index (χ0v) is 10.4. The van der Waals surface area contributed by atoms with Gasteiger partial charge in [0.2, 0.25) is 0 Å². The van der Waals surface area contributed by atoms with Gasteiger partial charge >= 0.3 is 5.97 Å². The van der Waals surface area contributed by atoms with Crippen molar-refractivity contribution in [2.24, 2.45) is 5.92 Å². The Morgan fingerprint density at radius 3 is 2.71 bits per heavy atom. The molecular formula is C13H23NO3. The first-order chi connectivity index (χ1) is 8.25. The fourth-order valence-corrected chi connectivity index (χ4v) is 2.99. The Morgan fingerprint density at radius 2 is 2.00 bits per heavy atom. The normalized spacial score (nSPS) is 28.1. The van der Waals surface area contributed by atoms with E-state index in [4.69, 9.17) is 9.84 Å². The molecule has 0 spiro atoms. The molecular weight excluding hydrogens is 218 g/mol. The van der Waals surface area contributed by atoms with E-state index < -0.39 is 5.97 Å². The van der Waals surface area contributed by atoms with Crippen molar-refractivity contribution in [3.63, 3.8) is 0 Å². The van der Waals surface area contributed by atoms with Crippen LogP contribution >= 0.6 is 0 Å². The van der Waals surface area contributed by atoms with Crippen LogP contribution in [0.25, 0.3) is 0 Å². The van der Waals surface area contributed by atoms with Gasteiger partial charge in [0.25, 0.3) is 0 Å². The zero-order valence-electron chi connectivity index (χ0n) is 10.4. The fraction of sp³-hybridized carbons (Fsp3) is 0.923. The number of aliphatic carboxylic acids is 1. The van der Waals surface area contributed by atoms with E-state index in [0.29, 0.717) is 12.3 Å². The first kappa shape index (κ1) is 12.8. The summed E-state index contributed by atoms with van der Waals surface area (Å²) in [5.41, 5.74) is 0. The molecule has 4 heteroatoms. The van der Waals surface area contributed by atoms with Gasteiger partial charge in [-0.25, -0.2) is 0 Å². The SMILES string of the molecule is O=C(O)CC1CCCCN1CC1CCOCC1. The third-order valence-corrected chi connectivity index (χ3v) is 3.99. The summed E-state index contributed by atoms with van der Waals surface area (Å²) in [7, 11) is 0. The molecule has 0 amide bonds. The van der Waals surface area contributed by atoms with Crippen molar-refractivity contribution in [3.05, 3.63) is 0 Å². The first-order valence-corrected chi connectivity index (χ1v) is 6.79. The van der Waals surface area contributed by atoms with E-state index >= 15 is 0 Å². The summed E-state index contributed by atoms with van der Waals surface area (Å²) in [5.74, 6) is 0.0482. The van der Waals surface area contributed by atoms with Crippen molar-refractivity contribution in [1.29, 1.82) is 0 Å². The summed E-state index contributed by atoms with van der Waals surface area (Å²) in [4.78, 5) is 13.3. The highest BCUT2D eigenvalue weighted by atomic mass is 16.5. The van der Waals surface area contributed by atoms with Gasteiger partial charge in [0.15, 0.2) is 0 Å². The highest BCUT2D eigenvalue weighted by molar-refractivity contribution is 5.67. The second-order valence-corrected chi connectivity index (χ2v) is 5.30. The van der Waals surface area contributed by atoms with Gasteiger partial charge in [0, 0.05) is 25.8 Å². The molecule has 1 atom stereocenters. The van der Waals surface area contributed by atoms with Gasteiger partial charge in [-0.05, 0) is 38.1 Å².